The van der Waals surface area contributed by atoms with Crippen LogP contribution in [-0.4, -0.2) is 46.9 Å². The molecule has 9 heteroatoms. The minimum Gasteiger partial charge on any atom is -0.383 e. The van der Waals surface area contributed by atoms with Crippen molar-refractivity contribution < 1.29 is 17.9 Å². The maximum atomic E-state index is 12.0. The number of ether oxygens (including phenoxy) is 1. The van der Waals surface area contributed by atoms with Gasteiger partial charge in [0.2, 0.25) is 15.9 Å². The van der Waals surface area contributed by atoms with Crippen LogP contribution in [0.4, 0.5) is 5.69 Å². The van der Waals surface area contributed by atoms with Crippen LogP contribution in [0.1, 0.15) is 6.92 Å². The molecule has 1 aromatic rings. The SMILES string of the molecule is COC[C@@H](C)NC(=O)CN(c1ccc(Cl)c(Cl)c1)S(C)(=O)=O. The summed E-state index contributed by atoms with van der Waals surface area (Å²) in [7, 11) is -2.14. The minimum atomic E-state index is -3.65. The number of nitrogens with zero attached hydrogens (tertiary/aromatic N) is 1. The van der Waals surface area contributed by atoms with Crippen LogP contribution < -0.4 is 9.62 Å². The Morgan fingerprint density at radius 3 is 2.50 bits per heavy atom. The van der Waals surface area contributed by atoms with Gasteiger partial charge in [-0.1, -0.05) is 23.2 Å². The normalized spacial score (nSPS) is 12.8. The highest BCUT2D eigenvalue weighted by Crippen LogP contribution is 2.28. The Balaban J connectivity index is 2.95. The Labute approximate surface area is 140 Å². The number of anilines is 1. The molecule has 124 valence electrons. The number of hydrogen-bond donors (Lipinski definition) is 1. The van der Waals surface area contributed by atoms with E-state index in [1.165, 1.54) is 25.3 Å². The second-order valence-electron chi connectivity index (χ2n) is 4.79. The van der Waals surface area contributed by atoms with Crippen molar-refractivity contribution in [2.24, 2.45) is 0 Å². The van der Waals surface area contributed by atoms with Crippen molar-refractivity contribution in [3.63, 3.8) is 0 Å². The van der Waals surface area contributed by atoms with Crippen LogP contribution in [0.15, 0.2) is 18.2 Å². The molecule has 1 amide bonds. The van der Waals surface area contributed by atoms with Crippen LogP contribution in [0.25, 0.3) is 0 Å². The maximum Gasteiger partial charge on any atom is 0.241 e. The Hall–Kier alpha value is -1.02. The summed E-state index contributed by atoms with van der Waals surface area (Å²) in [6.45, 7) is 1.73. The molecule has 0 aliphatic carbocycles. The fraction of sp³-hybridized carbons (Fsp3) is 0.462. The van der Waals surface area contributed by atoms with Crippen molar-refractivity contribution in [1.82, 2.24) is 5.32 Å². The zero-order valence-corrected chi connectivity index (χ0v) is 14.8. The lowest BCUT2D eigenvalue weighted by atomic mass is 10.3. The summed E-state index contributed by atoms with van der Waals surface area (Å²) >= 11 is 11.7. The van der Waals surface area contributed by atoms with E-state index in [1.54, 1.807) is 6.92 Å². The Kier molecular flexibility index (Phi) is 6.93. The molecule has 0 fully saturated rings. The second-order valence-corrected chi connectivity index (χ2v) is 7.51. The number of amides is 1. The lowest BCUT2D eigenvalue weighted by Crippen LogP contribution is -2.44. The molecule has 0 saturated carbocycles. The first-order valence-electron chi connectivity index (χ1n) is 6.36. The van der Waals surface area contributed by atoms with Crippen LogP contribution in [0.2, 0.25) is 10.0 Å². The van der Waals surface area contributed by atoms with Gasteiger partial charge in [0.05, 0.1) is 28.6 Å². The molecule has 0 saturated heterocycles. The molecule has 1 aromatic carbocycles. The molecular weight excluding hydrogens is 351 g/mol. The summed E-state index contributed by atoms with van der Waals surface area (Å²) in [5.74, 6) is -0.443. The fourth-order valence-corrected chi connectivity index (χ4v) is 2.92. The van der Waals surface area contributed by atoms with Crippen LogP contribution in [-0.2, 0) is 19.6 Å². The first-order chi connectivity index (χ1) is 10.1. The summed E-state index contributed by atoms with van der Waals surface area (Å²) in [4.78, 5) is 12.0. The van der Waals surface area contributed by atoms with Crippen molar-refractivity contribution in [3.05, 3.63) is 28.2 Å². The maximum absolute atomic E-state index is 12.0. The van der Waals surface area contributed by atoms with E-state index in [4.69, 9.17) is 27.9 Å². The van der Waals surface area contributed by atoms with Crippen molar-refractivity contribution in [2.75, 3.05) is 30.8 Å². The number of carbonyl (C=O) groups excluding carboxylic acids is 1. The molecule has 0 aromatic heterocycles. The summed E-state index contributed by atoms with van der Waals surface area (Å²) < 4.78 is 29.7. The Morgan fingerprint density at radius 2 is 2.00 bits per heavy atom. The highest BCUT2D eigenvalue weighted by Gasteiger charge is 2.22. The zero-order chi connectivity index (χ0) is 16.9. The van der Waals surface area contributed by atoms with E-state index in [0.29, 0.717) is 11.6 Å². The van der Waals surface area contributed by atoms with E-state index in [9.17, 15) is 13.2 Å². The van der Waals surface area contributed by atoms with E-state index >= 15 is 0 Å². The topological polar surface area (TPSA) is 75.7 Å². The lowest BCUT2D eigenvalue weighted by molar-refractivity contribution is -0.120. The van der Waals surface area contributed by atoms with Gasteiger partial charge in [-0.3, -0.25) is 9.10 Å². The number of nitrogens with one attached hydrogen (secondary N) is 1. The molecule has 0 radical (unpaired) electrons. The Morgan fingerprint density at radius 1 is 1.36 bits per heavy atom. The summed E-state index contributed by atoms with van der Waals surface area (Å²) in [6.07, 6.45) is 1.02. The quantitative estimate of drug-likeness (QED) is 0.797. The van der Waals surface area contributed by atoms with E-state index in [-0.39, 0.29) is 23.3 Å². The van der Waals surface area contributed by atoms with Crippen molar-refractivity contribution in [3.8, 4) is 0 Å². The largest absolute Gasteiger partial charge is 0.383 e. The molecule has 0 unspecified atom stereocenters. The molecule has 1 rings (SSSR count). The second kappa shape index (κ2) is 8.01. The number of rotatable bonds is 7. The van der Waals surface area contributed by atoms with Gasteiger partial charge in [-0.05, 0) is 25.1 Å². The van der Waals surface area contributed by atoms with E-state index in [2.05, 4.69) is 5.32 Å². The number of hydrogen-bond acceptors (Lipinski definition) is 4. The average Bonchev–Trinajstić information content (AvgIpc) is 2.38. The molecule has 0 heterocycles. The predicted molar refractivity (Wildman–Crippen MR) is 88.1 cm³/mol. The third-order valence-corrected chi connectivity index (χ3v) is 4.58. The van der Waals surface area contributed by atoms with Crippen molar-refractivity contribution in [2.45, 2.75) is 13.0 Å². The van der Waals surface area contributed by atoms with Crippen molar-refractivity contribution in [1.29, 1.82) is 0 Å². The summed E-state index contributed by atoms with van der Waals surface area (Å²) in [6, 6.07) is 4.13. The number of carbonyl (C=O) groups is 1. The van der Waals surface area contributed by atoms with Gasteiger partial charge in [-0.25, -0.2) is 8.42 Å². The molecule has 1 N–H and O–H groups in total. The van der Waals surface area contributed by atoms with Crippen LogP contribution >= 0.6 is 23.2 Å². The molecule has 22 heavy (non-hydrogen) atoms. The van der Waals surface area contributed by atoms with Gasteiger partial charge in [0, 0.05) is 13.2 Å². The molecule has 0 bridgehead atoms. The van der Waals surface area contributed by atoms with Gasteiger partial charge >= 0.3 is 0 Å². The van der Waals surface area contributed by atoms with Gasteiger partial charge in [-0.15, -0.1) is 0 Å². The molecule has 1 atom stereocenters. The number of benzene rings is 1. The third-order valence-electron chi connectivity index (χ3n) is 2.70. The van der Waals surface area contributed by atoms with Crippen LogP contribution in [0, 0.1) is 0 Å². The average molecular weight is 369 g/mol. The molecule has 0 aliphatic heterocycles. The van der Waals surface area contributed by atoms with E-state index < -0.39 is 15.9 Å². The standard InChI is InChI=1S/C13H18Cl2N2O4S/c1-9(8-21-2)16-13(18)7-17(22(3,19)20)10-4-5-11(14)12(15)6-10/h4-6,9H,7-8H2,1-3H3,(H,16,18)/t9-/m1/s1. The number of methoxy groups -OCH3 is 1. The van der Waals surface area contributed by atoms with Gasteiger partial charge in [0.15, 0.2) is 0 Å². The lowest BCUT2D eigenvalue weighted by Gasteiger charge is -2.23. The Bertz CT molecular complexity index is 637. The molecule has 0 aliphatic rings. The smallest absolute Gasteiger partial charge is 0.241 e. The van der Waals surface area contributed by atoms with E-state index in [0.717, 1.165) is 10.6 Å². The zero-order valence-electron chi connectivity index (χ0n) is 12.5. The minimum absolute atomic E-state index is 0.209. The summed E-state index contributed by atoms with van der Waals surface area (Å²) in [5.41, 5.74) is 0.270. The predicted octanol–water partition coefficient (Wildman–Crippen LogP) is 1.91. The first-order valence-corrected chi connectivity index (χ1v) is 8.96. The highest BCUT2D eigenvalue weighted by molar-refractivity contribution is 7.92. The third kappa shape index (κ3) is 5.64. The first kappa shape index (κ1) is 19.0. The monoisotopic (exact) mass is 368 g/mol. The molecule has 0 spiro atoms. The molecule has 6 nitrogen and oxygen atoms in total. The molecular formula is C13H18Cl2N2O4S. The van der Waals surface area contributed by atoms with Crippen LogP contribution in [0.3, 0.4) is 0 Å². The number of sulfonamides is 1. The fourth-order valence-electron chi connectivity index (χ4n) is 1.78. The van der Waals surface area contributed by atoms with E-state index in [1.807, 2.05) is 0 Å². The summed E-state index contributed by atoms with van der Waals surface area (Å²) in [5, 5.41) is 3.16. The van der Waals surface area contributed by atoms with Crippen molar-refractivity contribution >= 4 is 44.8 Å². The highest BCUT2D eigenvalue weighted by atomic mass is 35.5. The van der Waals surface area contributed by atoms with Gasteiger partial charge < -0.3 is 10.1 Å². The number of halogens is 2. The van der Waals surface area contributed by atoms with Crippen LogP contribution in [0.5, 0.6) is 0 Å². The van der Waals surface area contributed by atoms with Gasteiger partial charge in [-0.2, -0.15) is 0 Å². The van der Waals surface area contributed by atoms with Gasteiger partial charge in [0.25, 0.3) is 0 Å². The van der Waals surface area contributed by atoms with Gasteiger partial charge in [0.1, 0.15) is 6.54 Å².